The Labute approximate surface area is 187 Å². The fraction of sp³-hybridized carbons (Fsp3) is 0.0714. The van der Waals surface area contributed by atoms with Crippen molar-refractivity contribution < 1.29 is 9.47 Å². The van der Waals surface area contributed by atoms with Crippen LogP contribution >= 0.6 is 0 Å². The summed E-state index contributed by atoms with van der Waals surface area (Å²) in [5.41, 5.74) is 5.58. The van der Waals surface area contributed by atoms with Gasteiger partial charge in [0.2, 0.25) is 0 Å². The molecule has 4 aromatic rings. The molecule has 4 rings (SSSR count). The van der Waals surface area contributed by atoms with Gasteiger partial charge in [-0.15, -0.1) is 12.8 Å². The van der Waals surface area contributed by atoms with E-state index in [2.05, 4.69) is 21.8 Å². The molecule has 0 aliphatic carbocycles. The lowest BCUT2D eigenvalue weighted by molar-refractivity contribution is 0.370. The van der Waals surface area contributed by atoms with E-state index in [0.717, 1.165) is 45.1 Å². The normalized spacial score (nSPS) is 10.1. The lowest BCUT2D eigenvalue weighted by atomic mass is 10.1. The van der Waals surface area contributed by atoms with Crippen LogP contribution in [0.15, 0.2) is 85.2 Å². The van der Waals surface area contributed by atoms with Crippen LogP contribution in [0.1, 0.15) is 0 Å². The van der Waals surface area contributed by atoms with E-state index >= 15 is 0 Å². The minimum Gasteiger partial charge on any atom is -0.481 e. The van der Waals surface area contributed by atoms with Crippen molar-refractivity contribution in [1.82, 2.24) is 9.97 Å². The number of hydrogen-bond acceptors (Lipinski definition) is 4. The van der Waals surface area contributed by atoms with Crippen molar-refractivity contribution in [2.75, 3.05) is 13.2 Å². The number of hydrogen-bond donors (Lipinski definition) is 0. The summed E-state index contributed by atoms with van der Waals surface area (Å²) in [6.07, 6.45) is 14.2. The standard InChI is InChI=1S/C28H20N2O2/c1-3-15-31-25-9-5-7-21(17-25)23-11-13-27(29-19-23)28-14-12-24(20-30-28)22-8-6-10-26(18-22)32-16-4-2/h1-2,5-14,17-20H,15-16H2. The number of aromatic nitrogens is 2. The first-order chi connectivity index (χ1) is 15.8. The first-order valence-corrected chi connectivity index (χ1v) is 10.0. The number of benzene rings is 2. The molecule has 0 amide bonds. The summed E-state index contributed by atoms with van der Waals surface area (Å²) in [5, 5.41) is 0. The van der Waals surface area contributed by atoms with Crippen LogP contribution in [0.5, 0.6) is 11.5 Å². The maximum atomic E-state index is 5.50. The molecule has 0 atom stereocenters. The second-order valence-corrected chi connectivity index (χ2v) is 6.91. The molecule has 2 heterocycles. The zero-order valence-corrected chi connectivity index (χ0v) is 17.4. The van der Waals surface area contributed by atoms with Crippen molar-refractivity contribution in [3.8, 4) is 69.8 Å². The summed E-state index contributed by atoms with van der Waals surface area (Å²) >= 11 is 0. The third kappa shape index (κ3) is 4.95. The van der Waals surface area contributed by atoms with E-state index < -0.39 is 0 Å². The van der Waals surface area contributed by atoms with Gasteiger partial charge in [-0.2, -0.15) is 0 Å². The highest BCUT2D eigenvalue weighted by atomic mass is 16.5. The Hall–Kier alpha value is -4.54. The zero-order valence-electron chi connectivity index (χ0n) is 17.4. The minimum atomic E-state index is 0.241. The third-order valence-corrected chi connectivity index (χ3v) is 4.77. The number of nitrogens with zero attached hydrogens (tertiary/aromatic N) is 2. The van der Waals surface area contributed by atoms with Crippen LogP contribution in [0.25, 0.3) is 33.6 Å². The second-order valence-electron chi connectivity index (χ2n) is 6.91. The molecule has 0 spiro atoms. The molecule has 2 aromatic heterocycles. The molecule has 154 valence electrons. The van der Waals surface area contributed by atoms with E-state index in [1.165, 1.54) is 0 Å². The molecule has 0 radical (unpaired) electrons. The molecule has 4 heteroatoms. The van der Waals surface area contributed by atoms with Crippen molar-refractivity contribution in [1.29, 1.82) is 0 Å². The highest BCUT2D eigenvalue weighted by Crippen LogP contribution is 2.27. The van der Waals surface area contributed by atoms with Gasteiger partial charge in [0.15, 0.2) is 0 Å². The first kappa shape index (κ1) is 20.7. The van der Waals surface area contributed by atoms with Gasteiger partial charge in [0.05, 0.1) is 11.4 Å². The van der Waals surface area contributed by atoms with Crippen molar-refractivity contribution in [2.24, 2.45) is 0 Å². The van der Waals surface area contributed by atoms with Crippen molar-refractivity contribution in [2.45, 2.75) is 0 Å². The van der Waals surface area contributed by atoms with Crippen LogP contribution in [0, 0.1) is 24.7 Å². The Morgan fingerprint density at radius 1 is 0.594 bits per heavy atom. The van der Waals surface area contributed by atoms with E-state index in [4.69, 9.17) is 22.3 Å². The number of terminal acetylenes is 2. The van der Waals surface area contributed by atoms with Crippen molar-refractivity contribution in [3.63, 3.8) is 0 Å². The molecule has 4 nitrogen and oxygen atoms in total. The predicted molar refractivity (Wildman–Crippen MR) is 127 cm³/mol. The van der Waals surface area contributed by atoms with E-state index in [1.54, 1.807) is 0 Å². The van der Waals surface area contributed by atoms with E-state index in [1.807, 2.05) is 85.2 Å². The molecule has 0 aliphatic rings. The largest absolute Gasteiger partial charge is 0.481 e. The SMILES string of the molecule is C#CCOc1cccc(-c2ccc(-c3ccc(-c4cccc(OCC#C)c4)cn3)nc2)c1. The van der Waals surface area contributed by atoms with Gasteiger partial charge >= 0.3 is 0 Å². The van der Waals surface area contributed by atoms with Crippen LogP contribution in [-0.2, 0) is 0 Å². The lowest BCUT2D eigenvalue weighted by Gasteiger charge is -2.08. The summed E-state index contributed by atoms with van der Waals surface area (Å²) in [4.78, 5) is 9.19. The Morgan fingerprint density at radius 2 is 1.06 bits per heavy atom. The van der Waals surface area contributed by atoms with Crippen LogP contribution in [0.4, 0.5) is 0 Å². The summed E-state index contributed by atoms with van der Waals surface area (Å²) in [6.45, 7) is 0.481. The summed E-state index contributed by atoms with van der Waals surface area (Å²) in [5.74, 6) is 6.41. The number of pyridine rings is 2. The Morgan fingerprint density at radius 3 is 1.44 bits per heavy atom. The molecule has 0 aliphatic heterocycles. The molecule has 2 aromatic carbocycles. The summed E-state index contributed by atoms with van der Waals surface area (Å²) in [6, 6.07) is 23.5. The van der Waals surface area contributed by atoms with Gasteiger partial charge in [0, 0.05) is 23.5 Å². The van der Waals surface area contributed by atoms with Crippen molar-refractivity contribution >= 4 is 0 Å². The summed E-state index contributed by atoms with van der Waals surface area (Å²) < 4.78 is 11.0. The van der Waals surface area contributed by atoms with Crippen LogP contribution < -0.4 is 9.47 Å². The van der Waals surface area contributed by atoms with Gasteiger partial charge in [0.25, 0.3) is 0 Å². The van der Waals surface area contributed by atoms with Gasteiger partial charge < -0.3 is 9.47 Å². The van der Waals surface area contributed by atoms with Gasteiger partial charge in [-0.25, -0.2) is 0 Å². The molecule has 32 heavy (non-hydrogen) atoms. The molecular formula is C28H20N2O2. The van der Waals surface area contributed by atoms with E-state index in [9.17, 15) is 0 Å². The molecule has 0 unspecified atom stereocenters. The maximum Gasteiger partial charge on any atom is 0.148 e. The van der Waals surface area contributed by atoms with Gasteiger partial charge in [0.1, 0.15) is 24.7 Å². The third-order valence-electron chi connectivity index (χ3n) is 4.77. The predicted octanol–water partition coefficient (Wildman–Crippen LogP) is 5.50. The number of rotatable bonds is 7. The molecule has 0 saturated carbocycles. The molecule has 0 bridgehead atoms. The van der Waals surface area contributed by atoms with Gasteiger partial charge in [-0.1, -0.05) is 48.2 Å². The Bertz CT molecular complexity index is 1180. The topological polar surface area (TPSA) is 44.2 Å². The fourth-order valence-electron chi connectivity index (χ4n) is 3.21. The second kappa shape index (κ2) is 9.98. The minimum absolute atomic E-state index is 0.241. The average Bonchev–Trinajstić information content (AvgIpc) is 2.87. The highest BCUT2D eigenvalue weighted by Gasteiger charge is 2.06. The fourth-order valence-corrected chi connectivity index (χ4v) is 3.21. The van der Waals surface area contributed by atoms with Crippen LogP contribution in [0.3, 0.4) is 0 Å². The zero-order chi connectivity index (χ0) is 22.2. The smallest absolute Gasteiger partial charge is 0.148 e. The van der Waals surface area contributed by atoms with Crippen LogP contribution in [0.2, 0.25) is 0 Å². The maximum absolute atomic E-state index is 5.50. The summed E-state index contributed by atoms with van der Waals surface area (Å²) in [7, 11) is 0. The lowest BCUT2D eigenvalue weighted by Crippen LogP contribution is -1.94. The van der Waals surface area contributed by atoms with E-state index in [-0.39, 0.29) is 13.2 Å². The molecule has 0 saturated heterocycles. The number of ether oxygens (including phenoxy) is 2. The molecule has 0 fully saturated rings. The monoisotopic (exact) mass is 416 g/mol. The van der Waals surface area contributed by atoms with E-state index in [0.29, 0.717) is 0 Å². The Kier molecular flexibility index (Phi) is 6.46. The first-order valence-electron chi connectivity index (χ1n) is 10.0. The Balaban J connectivity index is 1.51. The highest BCUT2D eigenvalue weighted by molar-refractivity contribution is 5.69. The average molecular weight is 416 g/mol. The quantitative estimate of drug-likeness (QED) is 0.373. The molecule has 0 N–H and O–H groups in total. The van der Waals surface area contributed by atoms with Gasteiger partial charge in [-0.3, -0.25) is 9.97 Å². The van der Waals surface area contributed by atoms with Gasteiger partial charge in [-0.05, 0) is 47.5 Å². The molecular weight excluding hydrogens is 396 g/mol. The van der Waals surface area contributed by atoms with Crippen molar-refractivity contribution in [3.05, 3.63) is 85.2 Å². The van der Waals surface area contributed by atoms with Crippen LogP contribution in [-0.4, -0.2) is 23.2 Å².